The molecule has 2 aromatic rings. The molecular weight excluding hydrogens is 413 g/mol. The van der Waals surface area contributed by atoms with Crippen LogP contribution in [0.4, 0.5) is 13.2 Å². The van der Waals surface area contributed by atoms with E-state index in [-0.39, 0.29) is 29.4 Å². The highest BCUT2D eigenvalue weighted by Gasteiger charge is 2.38. The molecular formula is C23H28ClF3N2O. The Balaban J connectivity index is 0.00000320. The van der Waals surface area contributed by atoms with Crippen LogP contribution in [-0.4, -0.2) is 37.0 Å². The first-order chi connectivity index (χ1) is 13.7. The van der Waals surface area contributed by atoms with Gasteiger partial charge in [-0.1, -0.05) is 30.3 Å². The Bertz CT molecular complexity index is 815. The van der Waals surface area contributed by atoms with E-state index in [2.05, 4.69) is 34.5 Å². The highest BCUT2D eigenvalue weighted by atomic mass is 35.5. The van der Waals surface area contributed by atoms with Crippen molar-refractivity contribution in [1.82, 2.24) is 10.2 Å². The lowest BCUT2D eigenvalue weighted by molar-refractivity contribution is -0.137. The summed E-state index contributed by atoms with van der Waals surface area (Å²) in [4.78, 5) is 14.7. The van der Waals surface area contributed by atoms with E-state index in [0.717, 1.165) is 37.8 Å². The minimum absolute atomic E-state index is 0. The van der Waals surface area contributed by atoms with Gasteiger partial charge in [-0.25, -0.2) is 0 Å². The van der Waals surface area contributed by atoms with Crippen molar-refractivity contribution in [2.24, 2.45) is 0 Å². The normalized spacial score (nSPS) is 21.7. The largest absolute Gasteiger partial charge is 0.416 e. The van der Waals surface area contributed by atoms with Gasteiger partial charge >= 0.3 is 6.18 Å². The molecule has 1 saturated carbocycles. The van der Waals surface area contributed by atoms with Gasteiger partial charge in [-0.15, -0.1) is 12.4 Å². The van der Waals surface area contributed by atoms with Gasteiger partial charge in [-0.05, 0) is 75.5 Å². The monoisotopic (exact) mass is 440 g/mol. The molecule has 0 unspecified atom stereocenters. The fourth-order valence-corrected chi connectivity index (χ4v) is 4.15. The van der Waals surface area contributed by atoms with Crippen LogP contribution in [0.15, 0.2) is 54.6 Å². The molecule has 0 radical (unpaired) electrons. The summed E-state index contributed by atoms with van der Waals surface area (Å²) in [5.41, 5.74) is 0.698. The number of likely N-dealkylation sites (N-methyl/N-ethyl adjacent to an activating group) is 1. The van der Waals surface area contributed by atoms with E-state index in [1.54, 1.807) is 0 Å². The zero-order valence-corrected chi connectivity index (χ0v) is 18.0. The quantitative estimate of drug-likeness (QED) is 0.664. The minimum atomic E-state index is -4.40. The van der Waals surface area contributed by atoms with E-state index >= 15 is 0 Å². The number of alkyl halides is 3. The van der Waals surface area contributed by atoms with E-state index in [9.17, 15) is 18.0 Å². The van der Waals surface area contributed by atoms with Crippen LogP contribution in [-0.2, 0) is 6.18 Å². The highest BCUT2D eigenvalue weighted by molar-refractivity contribution is 5.94. The Labute approximate surface area is 182 Å². The fraction of sp³-hybridized carbons (Fsp3) is 0.435. The first-order valence-corrected chi connectivity index (χ1v) is 9.89. The maximum absolute atomic E-state index is 12.7. The minimum Gasteiger partial charge on any atom is -0.350 e. The van der Waals surface area contributed by atoms with Gasteiger partial charge in [0.2, 0.25) is 0 Å². The number of carbonyl (C=O) groups excluding carboxylic acids is 1. The molecule has 3 rings (SSSR count). The van der Waals surface area contributed by atoms with E-state index in [1.165, 1.54) is 17.7 Å². The molecule has 1 fully saturated rings. The lowest BCUT2D eigenvalue weighted by Gasteiger charge is -2.45. The summed E-state index contributed by atoms with van der Waals surface area (Å²) in [6.45, 7) is 0.474. The van der Waals surface area contributed by atoms with Crippen LogP contribution >= 0.6 is 12.4 Å². The molecule has 0 bridgehead atoms. The lowest BCUT2D eigenvalue weighted by Crippen LogP contribution is -2.54. The summed E-state index contributed by atoms with van der Waals surface area (Å²) in [6.07, 6.45) is -0.419. The van der Waals surface area contributed by atoms with Crippen LogP contribution in [0.5, 0.6) is 0 Å². The standard InChI is InChI=1S/C23H27F3N2O.ClH/c1-28(2)22(14-12-18(13-15-22)17-6-4-3-5-7-17)16-27-21(29)19-8-10-20(11-9-19)23(24,25)26;/h3-11,18H,12-16H2,1-2H3,(H,27,29);1H. The molecule has 0 atom stereocenters. The first kappa shape index (κ1) is 24.2. The third kappa shape index (κ3) is 5.55. The van der Waals surface area contributed by atoms with Gasteiger partial charge in [0.05, 0.1) is 5.56 Å². The second kappa shape index (κ2) is 9.84. The third-order valence-corrected chi connectivity index (χ3v) is 6.19. The molecule has 0 saturated heterocycles. The van der Waals surface area contributed by atoms with Gasteiger partial charge < -0.3 is 10.2 Å². The molecule has 1 N–H and O–H groups in total. The van der Waals surface area contributed by atoms with Crippen molar-refractivity contribution < 1.29 is 18.0 Å². The molecule has 1 aliphatic carbocycles. The molecule has 2 aromatic carbocycles. The number of carbonyl (C=O) groups is 1. The van der Waals surface area contributed by atoms with Crippen molar-refractivity contribution in [1.29, 1.82) is 0 Å². The van der Waals surface area contributed by atoms with Crippen LogP contribution in [0.25, 0.3) is 0 Å². The predicted octanol–water partition coefficient (Wildman–Crippen LogP) is 5.52. The van der Waals surface area contributed by atoms with Gasteiger partial charge in [0.25, 0.3) is 5.91 Å². The molecule has 0 spiro atoms. The molecule has 1 amide bonds. The smallest absolute Gasteiger partial charge is 0.350 e. The second-order valence-electron chi connectivity index (χ2n) is 8.06. The number of halogens is 4. The summed E-state index contributed by atoms with van der Waals surface area (Å²) in [5, 5.41) is 2.94. The van der Waals surface area contributed by atoms with Crippen LogP contribution < -0.4 is 5.32 Å². The summed E-state index contributed by atoms with van der Waals surface area (Å²) in [5.74, 6) is 0.181. The van der Waals surface area contributed by atoms with E-state index in [1.807, 2.05) is 20.2 Å². The average Bonchev–Trinajstić information content (AvgIpc) is 2.72. The Kier molecular flexibility index (Phi) is 7.94. The van der Waals surface area contributed by atoms with Crippen molar-refractivity contribution in [2.45, 2.75) is 43.3 Å². The Morgan fingerprint density at radius 2 is 1.60 bits per heavy atom. The van der Waals surface area contributed by atoms with Crippen LogP contribution in [0, 0.1) is 0 Å². The Morgan fingerprint density at radius 1 is 1.03 bits per heavy atom. The van der Waals surface area contributed by atoms with Gasteiger partial charge in [0, 0.05) is 17.6 Å². The molecule has 0 heterocycles. The number of rotatable bonds is 5. The van der Waals surface area contributed by atoms with Crippen molar-refractivity contribution in [3.8, 4) is 0 Å². The lowest BCUT2D eigenvalue weighted by atomic mass is 9.73. The zero-order chi connectivity index (χ0) is 21.1. The van der Waals surface area contributed by atoms with Crippen molar-refractivity contribution in [3.05, 3.63) is 71.3 Å². The number of hydrogen-bond acceptors (Lipinski definition) is 2. The molecule has 0 aromatic heterocycles. The Hall–Kier alpha value is -2.05. The first-order valence-electron chi connectivity index (χ1n) is 9.89. The number of hydrogen-bond donors (Lipinski definition) is 1. The summed E-state index contributed by atoms with van der Waals surface area (Å²) in [7, 11) is 4.04. The molecule has 3 nitrogen and oxygen atoms in total. The van der Waals surface area contributed by atoms with Gasteiger partial charge in [0.15, 0.2) is 0 Å². The van der Waals surface area contributed by atoms with E-state index in [0.29, 0.717) is 12.5 Å². The number of amides is 1. The van der Waals surface area contributed by atoms with Crippen molar-refractivity contribution in [3.63, 3.8) is 0 Å². The van der Waals surface area contributed by atoms with Crippen molar-refractivity contribution >= 4 is 18.3 Å². The average molecular weight is 441 g/mol. The third-order valence-electron chi connectivity index (χ3n) is 6.19. The van der Waals surface area contributed by atoms with Crippen LogP contribution in [0.3, 0.4) is 0 Å². The zero-order valence-electron chi connectivity index (χ0n) is 17.2. The highest BCUT2D eigenvalue weighted by Crippen LogP contribution is 2.40. The second-order valence-corrected chi connectivity index (χ2v) is 8.06. The van der Waals surface area contributed by atoms with E-state index < -0.39 is 11.7 Å². The van der Waals surface area contributed by atoms with E-state index in [4.69, 9.17) is 0 Å². The topological polar surface area (TPSA) is 32.3 Å². The summed E-state index contributed by atoms with van der Waals surface area (Å²) < 4.78 is 38.1. The molecule has 1 aliphatic rings. The number of nitrogens with one attached hydrogen (secondary N) is 1. The molecule has 164 valence electrons. The van der Waals surface area contributed by atoms with Gasteiger partial charge in [0.1, 0.15) is 0 Å². The van der Waals surface area contributed by atoms with Gasteiger partial charge in [-0.2, -0.15) is 13.2 Å². The van der Waals surface area contributed by atoms with Crippen molar-refractivity contribution in [2.75, 3.05) is 20.6 Å². The van der Waals surface area contributed by atoms with Crippen LogP contribution in [0.2, 0.25) is 0 Å². The molecule has 30 heavy (non-hydrogen) atoms. The molecule has 0 aliphatic heterocycles. The predicted molar refractivity (Wildman–Crippen MR) is 115 cm³/mol. The Morgan fingerprint density at radius 3 is 2.10 bits per heavy atom. The number of nitrogens with zero attached hydrogens (tertiary/aromatic N) is 1. The van der Waals surface area contributed by atoms with Crippen LogP contribution in [0.1, 0.15) is 53.1 Å². The number of benzene rings is 2. The maximum atomic E-state index is 12.7. The maximum Gasteiger partial charge on any atom is 0.416 e. The molecule has 7 heteroatoms. The fourth-order valence-electron chi connectivity index (χ4n) is 4.15. The van der Waals surface area contributed by atoms with Gasteiger partial charge in [-0.3, -0.25) is 4.79 Å². The summed E-state index contributed by atoms with van der Waals surface area (Å²) >= 11 is 0. The SMILES string of the molecule is CN(C)C1(CNC(=O)c2ccc(C(F)(F)F)cc2)CCC(c2ccccc2)CC1.Cl. The summed E-state index contributed by atoms with van der Waals surface area (Å²) in [6, 6.07) is 14.8.